The Hall–Kier alpha value is -1.37. The summed E-state index contributed by atoms with van der Waals surface area (Å²) >= 11 is 0. The van der Waals surface area contributed by atoms with E-state index in [0.717, 1.165) is 30.4 Å². The molecule has 0 radical (unpaired) electrons. The fourth-order valence-electron chi connectivity index (χ4n) is 2.52. The normalized spacial score (nSPS) is 18.1. The Morgan fingerprint density at radius 1 is 1.52 bits per heavy atom. The molecule has 21 heavy (non-hydrogen) atoms. The summed E-state index contributed by atoms with van der Waals surface area (Å²) in [6.45, 7) is 4.94. The maximum atomic E-state index is 11.7. The fraction of sp³-hybridized carbons (Fsp3) is 0.357. The largest absolute Gasteiger partial charge is 1.00 e. The zero-order valence-electron chi connectivity index (χ0n) is 12.1. The Balaban J connectivity index is 0.00000161. The molecule has 0 aliphatic carbocycles. The average Bonchev–Trinajstić information content (AvgIpc) is 2.96. The van der Waals surface area contributed by atoms with Crippen LogP contribution in [0.4, 0.5) is 5.82 Å². The van der Waals surface area contributed by atoms with Crippen molar-refractivity contribution >= 4 is 22.8 Å². The van der Waals surface area contributed by atoms with Crippen molar-refractivity contribution in [2.45, 2.75) is 18.9 Å². The molecule has 7 heteroatoms. The minimum absolute atomic E-state index is 0. The predicted molar refractivity (Wildman–Crippen MR) is 76.7 cm³/mol. The van der Waals surface area contributed by atoms with Crippen molar-refractivity contribution in [3.8, 4) is 0 Å². The molecule has 3 heterocycles. The van der Waals surface area contributed by atoms with Gasteiger partial charge in [-0.3, -0.25) is 4.79 Å². The van der Waals surface area contributed by atoms with E-state index in [1.165, 1.54) is 12.4 Å². The van der Waals surface area contributed by atoms with Gasteiger partial charge in [0, 0.05) is 31.0 Å². The third kappa shape index (κ3) is 3.45. The molecule has 0 unspecified atom stereocenters. The van der Waals surface area contributed by atoms with E-state index in [1.807, 2.05) is 12.3 Å². The molecule has 2 aromatic heterocycles. The molecular formula is C14H16N5NaO. The van der Waals surface area contributed by atoms with Gasteiger partial charge in [0.1, 0.15) is 5.65 Å². The van der Waals surface area contributed by atoms with Crippen LogP contribution in [-0.2, 0) is 4.79 Å². The number of nitrogens with zero attached hydrogens (tertiary/aromatic N) is 4. The number of piperidine rings is 1. The van der Waals surface area contributed by atoms with Crippen molar-refractivity contribution in [2.24, 2.45) is 0 Å². The summed E-state index contributed by atoms with van der Waals surface area (Å²) in [5, 5.41) is 5.60. The number of hydrogen-bond acceptors (Lipinski definition) is 3. The first-order valence-corrected chi connectivity index (χ1v) is 6.68. The number of H-pyrrole nitrogens is 1. The van der Waals surface area contributed by atoms with Gasteiger partial charge in [0.15, 0.2) is 0 Å². The van der Waals surface area contributed by atoms with Crippen LogP contribution in [0.15, 0.2) is 31.2 Å². The van der Waals surface area contributed by atoms with Crippen molar-refractivity contribution in [3.05, 3.63) is 36.6 Å². The van der Waals surface area contributed by atoms with Crippen LogP contribution < -0.4 is 29.6 Å². The molecule has 104 valence electrons. The van der Waals surface area contributed by atoms with E-state index >= 15 is 0 Å². The molecule has 6 nitrogen and oxygen atoms in total. The smallest absolute Gasteiger partial charge is 0.460 e. The maximum Gasteiger partial charge on any atom is 1.00 e. The van der Waals surface area contributed by atoms with Crippen molar-refractivity contribution in [1.29, 1.82) is 0 Å². The summed E-state index contributed by atoms with van der Waals surface area (Å²) < 4.78 is 0. The topological polar surface area (TPSA) is 76.0 Å². The summed E-state index contributed by atoms with van der Waals surface area (Å²) in [6.07, 6.45) is 6.61. The number of carbonyl (C=O) groups excluding carboxylic acids is 1. The summed E-state index contributed by atoms with van der Waals surface area (Å²) in [5.74, 6) is 0.661. The summed E-state index contributed by atoms with van der Waals surface area (Å²) in [7, 11) is 0. The summed E-state index contributed by atoms with van der Waals surface area (Å²) in [4.78, 5) is 24.9. The molecule has 1 fully saturated rings. The number of fused-ring (bicyclic) bond motifs is 1. The Labute approximate surface area is 145 Å². The molecule has 0 bridgehead atoms. The van der Waals surface area contributed by atoms with Crippen molar-refractivity contribution in [3.63, 3.8) is 0 Å². The van der Waals surface area contributed by atoms with E-state index in [0.29, 0.717) is 12.4 Å². The number of aromatic nitrogens is 3. The van der Waals surface area contributed by atoms with Crippen LogP contribution >= 0.6 is 0 Å². The first kappa shape index (κ1) is 16.0. The molecule has 3 rings (SSSR count). The number of rotatable bonds is 3. The number of likely N-dealkylation sites (tertiary alicyclic amines) is 1. The number of nitrogens with one attached hydrogen (secondary N) is 1. The standard InChI is InChI=1S/C14H16N5O.Na/c1-2-12(20)19-7-3-4-10(8-19)18-14-11-5-6-15-13(11)16-9-17-14;/h2,5-6,9-10H,1,3-4,7-8H2,(H-,15,16,17,18);/q-1;+1/t10-;/m0./s1. The molecule has 2 aromatic rings. The van der Waals surface area contributed by atoms with E-state index in [4.69, 9.17) is 0 Å². The van der Waals surface area contributed by atoms with Gasteiger partial charge in [-0.15, -0.1) is 0 Å². The Morgan fingerprint density at radius 3 is 3.19 bits per heavy atom. The van der Waals surface area contributed by atoms with Crippen LogP contribution in [0.1, 0.15) is 12.8 Å². The Kier molecular flexibility index (Phi) is 5.39. The number of hydrogen-bond donors (Lipinski definition) is 1. The van der Waals surface area contributed by atoms with Gasteiger partial charge < -0.3 is 20.2 Å². The number of carbonyl (C=O) groups is 1. The number of aromatic amines is 1. The van der Waals surface area contributed by atoms with E-state index in [2.05, 4.69) is 26.8 Å². The van der Waals surface area contributed by atoms with Gasteiger partial charge >= 0.3 is 29.6 Å². The monoisotopic (exact) mass is 293 g/mol. The van der Waals surface area contributed by atoms with Crippen LogP contribution in [0.3, 0.4) is 0 Å². The van der Waals surface area contributed by atoms with Crippen LogP contribution in [0, 0.1) is 0 Å². The Bertz CT molecular complexity index is 641. The second kappa shape index (κ2) is 7.06. The molecule has 0 saturated carbocycles. The van der Waals surface area contributed by atoms with Crippen LogP contribution in [0.2, 0.25) is 0 Å². The molecule has 1 atom stereocenters. The van der Waals surface area contributed by atoms with Crippen molar-refractivity contribution < 1.29 is 34.4 Å². The third-order valence-electron chi connectivity index (χ3n) is 3.52. The molecule has 0 aromatic carbocycles. The minimum atomic E-state index is -0.0284. The van der Waals surface area contributed by atoms with Gasteiger partial charge in [-0.25, -0.2) is 4.98 Å². The number of amides is 1. The van der Waals surface area contributed by atoms with Gasteiger partial charge in [-0.2, -0.15) is 0 Å². The minimum Gasteiger partial charge on any atom is -0.460 e. The molecule has 1 amide bonds. The van der Waals surface area contributed by atoms with Crippen molar-refractivity contribution in [1.82, 2.24) is 19.9 Å². The second-order valence-electron chi connectivity index (χ2n) is 4.85. The SMILES string of the molecule is C=CC(=O)N1CCC[C@H]([N-]c2ncnc3[nH]ccc23)C1.[Na+]. The fourth-order valence-corrected chi connectivity index (χ4v) is 2.52. The molecule has 1 aliphatic heterocycles. The molecule has 1 N–H and O–H groups in total. The van der Waals surface area contributed by atoms with Crippen LogP contribution in [-0.4, -0.2) is 44.9 Å². The van der Waals surface area contributed by atoms with Gasteiger partial charge in [-0.05, 0) is 36.8 Å². The first-order chi connectivity index (χ1) is 9.78. The first-order valence-electron chi connectivity index (χ1n) is 6.68. The molecule has 0 spiro atoms. The second-order valence-corrected chi connectivity index (χ2v) is 4.85. The van der Waals surface area contributed by atoms with Gasteiger partial charge in [0.2, 0.25) is 5.91 Å². The van der Waals surface area contributed by atoms with Gasteiger partial charge in [0.25, 0.3) is 0 Å². The molecule has 1 aliphatic rings. The van der Waals surface area contributed by atoms with Crippen LogP contribution in [0.5, 0.6) is 0 Å². The maximum absolute atomic E-state index is 11.7. The summed E-state index contributed by atoms with van der Waals surface area (Å²) in [6, 6.07) is 2.00. The molecule has 1 saturated heterocycles. The van der Waals surface area contributed by atoms with Crippen LogP contribution in [0.25, 0.3) is 16.4 Å². The van der Waals surface area contributed by atoms with E-state index < -0.39 is 0 Å². The van der Waals surface area contributed by atoms with Crippen molar-refractivity contribution in [2.75, 3.05) is 13.1 Å². The average molecular weight is 293 g/mol. The predicted octanol–water partition coefficient (Wildman–Crippen LogP) is -0.856. The zero-order valence-corrected chi connectivity index (χ0v) is 14.1. The quantitative estimate of drug-likeness (QED) is 0.591. The third-order valence-corrected chi connectivity index (χ3v) is 3.52. The van der Waals surface area contributed by atoms with E-state index in [-0.39, 0.29) is 41.5 Å². The summed E-state index contributed by atoms with van der Waals surface area (Å²) in [5.41, 5.74) is 0.786. The molecular weight excluding hydrogens is 277 g/mol. The van der Waals surface area contributed by atoms with E-state index in [1.54, 1.807) is 4.90 Å². The van der Waals surface area contributed by atoms with E-state index in [9.17, 15) is 4.79 Å². The van der Waals surface area contributed by atoms with Gasteiger partial charge in [-0.1, -0.05) is 6.58 Å². The Morgan fingerprint density at radius 2 is 2.38 bits per heavy atom. The van der Waals surface area contributed by atoms with Gasteiger partial charge in [0.05, 0.1) is 0 Å². The zero-order chi connectivity index (χ0) is 13.9.